The molecule has 0 saturated carbocycles. The molecular formula is C55H37NO. The van der Waals surface area contributed by atoms with Gasteiger partial charge in [-0.05, 0) is 84.6 Å². The fraction of sp³-hybridized carbons (Fsp3) is 0. The second-order valence-corrected chi connectivity index (χ2v) is 14.3. The molecule has 0 amide bonds. The molecule has 0 fully saturated rings. The molecule has 2 heteroatoms. The van der Waals surface area contributed by atoms with E-state index in [0.29, 0.717) is 0 Å². The van der Waals surface area contributed by atoms with E-state index >= 15 is 0 Å². The van der Waals surface area contributed by atoms with Crippen molar-refractivity contribution in [2.45, 2.75) is 0 Å². The van der Waals surface area contributed by atoms with Crippen LogP contribution in [0.5, 0.6) is 0 Å². The van der Waals surface area contributed by atoms with Crippen molar-refractivity contribution >= 4 is 98.4 Å². The minimum Gasteiger partial charge on any atom is -0.455 e. The van der Waals surface area contributed by atoms with Gasteiger partial charge in [-0.2, -0.15) is 0 Å². The van der Waals surface area contributed by atoms with Crippen molar-refractivity contribution in [1.82, 2.24) is 4.98 Å². The van der Waals surface area contributed by atoms with Crippen molar-refractivity contribution < 1.29 is 4.42 Å². The second kappa shape index (κ2) is 14.3. The van der Waals surface area contributed by atoms with E-state index in [1.165, 1.54) is 37.7 Å². The van der Waals surface area contributed by atoms with E-state index < -0.39 is 0 Å². The molecule has 268 valence electrons. The molecule has 0 aliphatic heterocycles. The van der Waals surface area contributed by atoms with E-state index in [9.17, 15) is 0 Å². The van der Waals surface area contributed by atoms with Gasteiger partial charge in [-0.1, -0.05) is 183 Å². The van der Waals surface area contributed by atoms with Crippen LogP contribution in [-0.2, 0) is 0 Å². The number of hydrogen-bond acceptors (Lipinski definition) is 2. The average Bonchev–Trinajstić information content (AvgIpc) is 3.66. The fourth-order valence-electron chi connectivity index (χ4n) is 8.41. The summed E-state index contributed by atoms with van der Waals surface area (Å²) < 4.78 is 6.92. The van der Waals surface area contributed by atoms with E-state index in [2.05, 4.69) is 183 Å². The van der Waals surface area contributed by atoms with Crippen molar-refractivity contribution in [2.24, 2.45) is 0 Å². The number of fused-ring (bicyclic) bond motifs is 13. The number of furan rings is 1. The first kappa shape index (κ1) is 34.0. The predicted octanol–water partition coefficient (Wildman–Crippen LogP) is 15.4. The molecule has 0 atom stereocenters. The minimum absolute atomic E-state index is 0.845. The monoisotopic (exact) mass is 727 g/mol. The minimum atomic E-state index is 0.845. The standard InChI is InChI=1S/C55H37NO/c1-3-5-7-8-23-42(47-34-41-22-13-16-26-45(41)54-53-44-25-15-12-19-38(44)29-32-51(53)57-55(47)54)36(17-6-4-2)28-31-49-46-30-27-37-18-11-14-24-43(37)52(46)48-33-39-20-9-10-21-40(39)35-50(48)56-49/h3-35H,1-2H2/b7-5-,17-6-,23-8+,31-28+,42-36+. The molecule has 0 saturated heterocycles. The molecule has 8 aromatic carbocycles. The largest absolute Gasteiger partial charge is 0.455 e. The first-order valence-electron chi connectivity index (χ1n) is 19.3. The zero-order valence-electron chi connectivity index (χ0n) is 31.3. The molecule has 0 aliphatic carbocycles. The molecule has 10 aromatic rings. The summed E-state index contributed by atoms with van der Waals surface area (Å²) in [6.45, 7) is 7.93. The Bertz CT molecular complexity index is 3440. The Morgan fingerprint density at radius 2 is 1.11 bits per heavy atom. The Labute approximate surface area is 330 Å². The van der Waals surface area contributed by atoms with E-state index in [4.69, 9.17) is 9.40 Å². The van der Waals surface area contributed by atoms with Gasteiger partial charge in [-0.3, -0.25) is 0 Å². The van der Waals surface area contributed by atoms with Gasteiger partial charge >= 0.3 is 0 Å². The molecule has 2 heterocycles. The first-order chi connectivity index (χ1) is 28.2. The predicted molar refractivity (Wildman–Crippen MR) is 247 cm³/mol. The summed E-state index contributed by atoms with van der Waals surface area (Å²) in [6.07, 6.45) is 20.2. The molecule has 0 spiro atoms. The summed E-state index contributed by atoms with van der Waals surface area (Å²) >= 11 is 0. The van der Waals surface area contributed by atoms with Gasteiger partial charge < -0.3 is 4.42 Å². The molecule has 0 aliphatic rings. The molecule has 2 aromatic heterocycles. The quantitative estimate of drug-likeness (QED) is 0.0885. The highest BCUT2D eigenvalue weighted by Gasteiger charge is 2.20. The average molecular weight is 728 g/mol. The smallest absolute Gasteiger partial charge is 0.143 e. The molecule has 0 bridgehead atoms. The molecule has 0 unspecified atom stereocenters. The summed E-state index contributed by atoms with van der Waals surface area (Å²) in [7, 11) is 0. The van der Waals surface area contributed by atoms with Gasteiger partial charge in [0.1, 0.15) is 11.2 Å². The van der Waals surface area contributed by atoms with Gasteiger partial charge in [0, 0.05) is 32.5 Å². The van der Waals surface area contributed by atoms with Gasteiger partial charge in [0.25, 0.3) is 0 Å². The number of benzene rings is 8. The molecule has 57 heavy (non-hydrogen) atoms. The summed E-state index contributed by atoms with van der Waals surface area (Å²) in [6, 6.07) is 49.7. The second-order valence-electron chi connectivity index (χ2n) is 14.3. The number of rotatable bonds is 8. The van der Waals surface area contributed by atoms with Crippen molar-refractivity contribution in [3.63, 3.8) is 0 Å². The maximum absolute atomic E-state index is 6.92. The Morgan fingerprint density at radius 1 is 0.474 bits per heavy atom. The SMILES string of the molecule is C=C\C=C/C=C/C(=C(/C=C\C=C)\C=C\c1nc2cc3ccccc3cc2c2c1ccc1ccccc12)c1cc2ccccc2c2c1oc1ccc3ccccc3c12. The lowest BCUT2D eigenvalue weighted by Gasteiger charge is -2.13. The highest BCUT2D eigenvalue weighted by Crippen LogP contribution is 2.43. The fourth-order valence-corrected chi connectivity index (χ4v) is 8.41. The molecular weight excluding hydrogens is 691 g/mol. The normalized spacial score (nSPS) is 13.1. The van der Waals surface area contributed by atoms with E-state index in [1.807, 2.05) is 24.3 Å². The van der Waals surface area contributed by atoms with Crippen molar-refractivity contribution in [1.29, 1.82) is 0 Å². The Hall–Kier alpha value is -7.55. The van der Waals surface area contributed by atoms with Crippen LogP contribution >= 0.6 is 0 Å². The van der Waals surface area contributed by atoms with Crippen LogP contribution in [0.4, 0.5) is 0 Å². The van der Waals surface area contributed by atoms with Crippen LogP contribution in [0, 0.1) is 0 Å². The van der Waals surface area contributed by atoms with Crippen molar-refractivity contribution in [2.75, 3.05) is 0 Å². The maximum atomic E-state index is 6.92. The summed E-state index contributed by atoms with van der Waals surface area (Å²) in [5, 5.41) is 15.1. The van der Waals surface area contributed by atoms with Gasteiger partial charge in [0.05, 0.1) is 11.2 Å². The summed E-state index contributed by atoms with van der Waals surface area (Å²) in [4.78, 5) is 5.37. The molecule has 0 radical (unpaired) electrons. The number of aromatic nitrogens is 1. The van der Waals surface area contributed by atoms with Crippen LogP contribution in [0.15, 0.2) is 217 Å². The maximum Gasteiger partial charge on any atom is 0.143 e. The van der Waals surface area contributed by atoms with E-state index in [1.54, 1.807) is 6.08 Å². The molecule has 2 nitrogen and oxygen atoms in total. The first-order valence-corrected chi connectivity index (χ1v) is 19.3. The van der Waals surface area contributed by atoms with Crippen molar-refractivity contribution in [3.8, 4) is 0 Å². The van der Waals surface area contributed by atoms with Crippen LogP contribution < -0.4 is 0 Å². The zero-order valence-corrected chi connectivity index (χ0v) is 31.3. The van der Waals surface area contributed by atoms with E-state index in [0.717, 1.165) is 71.4 Å². The Morgan fingerprint density at radius 3 is 1.84 bits per heavy atom. The van der Waals surface area contributed by atoms with Crippen LogP contribution in [0.25, 0.3) is 98.4 Å². The lowest BCUT2D eigenvalue weighted by Crippen LogP contribution is -1.92. The van der Waals surface area contributed by atoms with E-state index in [-0.39, 0.29) is 0 Å². The zero-order chi connectivity index (χ0) is 38.3. The highest BCUT2D eigenvalue weighted by molar-refractivity contribution is 6.28. The number of hydrogen-bond donors (Lipinski definition) is 0. The highest BCUT2D eigenvalue weighted by atomic mass is 16.3. The van der Waals surface area contributed by atoms with Crippen molar-refractivity contribution in [3.05, 3.63) is 224 Å². The lowest BCUT2D eigenvalue weighted by atomic mass is 9.91. The van der Waals surface area contributed by atoms with Crippen LogP contribution in [0.2, 0.25) is 0 Å². The van der Waals surface area contributed by atoms with Crippen LogP contribution in [-0.4, -0.2) is 4.98 Å². The summed E-state index contributed by atoms with van der Waals surface area (Å²) in [5.74, 6) is 0. The lowest BCUT2D eigenvalue weighted by molar-refractivity contribution is 0.668. The van der Waals surface area contributed by atoms with Gasteiger partial charge in [0.2, 0.25) is 0 Å². The van der Waals surface area contributed by atoms with Crippen LogP contribution in [0.3, 0.4) is 0 Å². The van der Waals surface area contributed by atoms with Gasteiger partial charge in [-0.25, -0.2) is 4.98 Å². The number of allylic oxidation sites excluding steroid dienone is 11. The van der Waals surface area contributed by atoms with Crippen LogP contribution in [0.1, 0.15) is 11.3 Å². The Kier molecular flexibility index (Phi) is 8.50. The topological polar surface area (TPSA) is 26.0 Å². The summed E-state index contributed by atoms with van der Waals surface area (Å²) in [5.41, 5.74) is 6.54. The van der Waals surface area contributed by atoms with Gasteiger partial charge in [-0.15, -0.1) is 0 Å². The third kappa shape index (κ3) is 5.87. The number of pyridine rings is 1. The molecule has 10 rings (SSSR count). The molecule has 0 N–H and O–H groups in total. The van der Waals surface area contributed by atoms with Gasteiger partial charge in [0.15, 0.2) is 0 Å². The third-order valence-corrected chi connectivity index (χ3v) is 11.0. The Balaban J connectivity index is 1.28. The third-order valence-electron chi connectivity index (χ3n) is 11.0. The number of nitrogens with zero attached hydrogens (tertiary/aromatic N) is 1.